The highest BCUT2D eigenvalue weighted by atomic mass is 16.7. The summed E-state index contributed by atoms with van der Waals surface area (Å²) in [6.07, 6.45) is 3.73. The summed E-state index contributed by atoms with van der Waals surface area (Å²) in [7, 11) is 0. The van der Waals surface area contributed by atoms with Crippen molar-refractivity contribution in [1.29, 1.82) is 0 Å². The average molecular weight is 382 g/mol. The number of hydrogen-bond donors (Lipinski definition) is 1. The van der Waals surface area contributed by atoms with E-state index in [2.05, 4.69) is 29.7 Å². The number of aryl methyl sites for hydroxylation is 2. The Bertz CT molecular complexity index is 876. The van der Waals surface area contributed by atoms with Crippen molar-refractivity contribution in [2.75, 3.05) is 6.54 Å². The lowest BCUT2D eigenvalue weighted by Crippen LogP contribution is -2.44. The molecule has 2 aliphatic heterocycles. The van der Waals surface area contributed by atoms with Gasteiger partial charge in [0, 0.05) is 18.2 Å². The fourth-order valence-corrected chi connectivity index (χ4v) is 3.95. The van der Waals surface area contributed by atoms with E-state index in [1.165, 1.54) is 5.56 Å². The summed E-state index contributed by atoms with van der Waals surface area (Å²) < 4.78 is 5.20. The molecule has 1 aromatic carbocycles. The van der Waals surface area contributed by atoms with Gasteiger partial charge in [-0.2, -0.15) is 0 Å². The minimum absolute atomic E-state index is 0.0259. The van der Waals surface area contributed by atoms with Gasteiger partial charge in [-0.1, -0.05) is 42.8 Å². The second kappa shape index (κ2) is 8.14. The minimum atomic E-state index is -0.368. The maximum absolute atomic E-state index is 12.8. The monoisotopic (exact) mass is 382 g/mol. The first kappa shape index (κ1) is 18.7. The number of likely N-dealkylation sites (tertiary alicyclic amines) is 1. The third-order valence-corrected chi connectivity index (χ3v) is 5.26. The molecule has 1 N–H and O–H groups in total. The van der Waals surface area contributed by atoms with Gasteiger partial charge in [0.1, 0.15) is 11.6 Å². The zero-order valence-electron chi connectivity index (χ0n) is 16.4. The van der Waals surface area contributed by atoms with Gasteiger partial charge in [0.15, 0.2) is 0 Å². The van der Waals surface area contributed by atoms with Crippen molar-refractivity contribution in [2.45, 2.75) is 58.2 Å². The molecule has 7 nitrogen and oxygen atoms in total. The normalized spacial score (nSPS) is 21.6. The molecule has 1 saturated heterocycles. The number of carbonyl (C=O) groups excluding carboxylic acids is 1. The summed E-state index contributed by atoms with van der Waals surface area (Å²) in [5.41, 5.74) is 6.11. The van der Waals surface area contributed by atoms with Gasteiger partial charge in [0.2, 0.25) is 12.1 Å². The number of hydroxylamine groups is 1. The Kier molecular flexibility index (Phi) is 5.43. The van der Waals surface area contributed by atoms with E-state index in [1.54, 1.807) is 6.07 Å². The SMILES string of the molecule is CCCc1ccccc1C1N=C(C2CCCN2C(=O)Cc2cc(C)no2)NO1. The third-order valence-electron chi connectivity index (χ3n) is 5.26. The largest absolute Gasteiger partial charge is 0.361 e. The molecule has 1 fully saturated rings. The number of amidine groups is 1. The van der Waals surface area contributed by atoms with Crippen LogP contribution in [0.1, 0.15) is 55.0 Å². The fourth-order valence-electron chi connectivity index (χ4n) is 3.95. The van der Waals surface area contributed by atoms with Crippen molar-refractivity contribution in [2.24, 2.45) is 4.99 Å². The highest BCUT2D eigenvalue weighted by molar-refractivity contribution is 5.92. The molecule has 0 bridgehead atoms. The Labute approximate surface area is 164 Å². The van der Waals surface area contributed by atoms with E-state index < -0.39 is 0 Å². The molecule has 7 heteroatoms. The van der Waals surface area contributed by atoms with Crippen molar-refractivity contribution in [3.63, 3.8) is 0 Å². The average Bonchev–Trinajstić information content (AvgIpc) is 3.42. The number of rotatable bonds is 6. The summed E-state index contributed by atoms with van der Waals surface area (Å²) in [6, 6.07) is 9.96. The highest BCUT2D eigenvalue weighted by Gasteiger charge is 2.36. The first-order valence-electron chi connectivity index (χ1n) is 9.94. The van der Waals surface area contributed by atoms with E-state index in [0.717, 1.165) is 42.8 Å². The Balaban J connectivity index is 1.49. The molecule has 1 amide bonds. The van der Waals surface area contributed by atoms with E-state index in [-0.39, 0.29) is 24.6 Å². The number of amides is 1. The second-order valence-electron chi connectivity index (χ2n) is 7.39. The molecule has 1 aromatic heterocycles. The van der Waals surface area contributed by atoms with Gasteiger partial charge in [-0.05, 0) is 31.7 Å². The van der Waals surface area contributed by atoms with Crippen LogP contribution in [0.4, 0.5) is 0 Å². The van der Waals surface area contributed by atoms with E-state index in [0.29, 0.717) is 12.3 Å². The van der Waals surface area contributed by atoms with Crippen LogP contribution in [0, 0.1) is 6.92 Å². The fraction of sp³-hybridized carbons (Fsp3) is 0.476. The van der Waals surface area contributed by atoms with E-state index in [4.69, 9.17) is 14.4 Å². The van der Waals surface area contributed by atoms with Gasteiger partial charge in [0.25, 0.3) is 0 Å². The topological polar surface area (TPSA) is 80.0 Å². The molecule has 3 heterocycles. The van der Waals surface area contributed by atoms with Crippen LogP contribution in [0.15, 0.2) is 39.8 Å². The van der Waals surface area contributed by atoms with Crippen LogP contribution in [0.5, 0.6) is 0 Å². The Morgan fingerprint density at radius 2 is 2.21 bits per heavy atom. The molecule has 0 saturated carbocycles. The maximum atomic E-state index is 12.8. The molecule has 0 aliphatic carbocycles. The van der Waals surface area contributed by atoms with Crippen LogP contribution in [0.25, 0.3) is 0 Å². The minimum Gasteiger partial charge on any atom is -0.361 e. The molecule has 2 atom stereocenters. The first-order chi connectivity index (χ1) is 13.7. The summed E-state index contributed by atoms with van der Waals surface area (Å²) in [5, 5.41) is 3.86. The van der Waals surface area contributed by atoms with Crippen molar-refractivity contribution in [1.82, 2.24) is 15.5 Å². The first-order valence-corrected chi connectivity index (χ1v) is 9.94. The molecule has 4 rings (SSSR count). The Hall–Kier alpha value is -2.67. The van der Waals surface area contributed by atoms with E-state index in [9.17, 15) is 4.79 Å². The molecular formula is C21H26N4O3. The lowest BCUT2D eigenvalue weighted by Gasteiger charge is -2.23. The Morgan fingerprint density at radius 3 is 3.00 bits per heavy atom. The lowest BCUT2D eigenvalue weighted by atomic mass is 10.0. The number of aliphatic imine (C=N–C) groups is 1. The van der Waals surface area contributed by atoms with Crippen LogP contribution in [0.2, 0.25) is 0 Å². The summed E-state index contributed by atoms with van der Waals surface area (Å²) in [4.78, 5) is 25.2. The number of aromatic nitrogens is 1. The molecule has 2 aromatic rings. The predicted molar refractivity (Wildman–Crippen MR) is 105 cm³/mol. The number of benzene rings is 1. The van der Waals surface area contributed by atoms with Crippen molar-refractivity contribution in [3.8, 4) is 0 Å². The van der Waals surface area contributed by atoms with Gasteiger partial charge < -0.3 is 9.42 Å². The van der Waals surface area contributed by atoms with Crippen LogP contribution in [0.3, 0.4) is 0 Å². The quantitative estimate of drug-likeness (QED) is 0.830. The zero-order valence-corrected chi connectivity index (χ0v) is 16.4. The van der Waals surface area contributed by atoms with Crippen LogP contribution in [-0.4, -0.2) is 34.4 Å². The molecule has 0 radical (unpaired) electrons. The van der Waals surface area contributed by atoms with Crippen LogP contribution < -0.4 is 5.48 Å². The van der Waals surface area contributed by atoms with Gasteiger partial charge in [-0.3, -0.25) is 4.79 Å². The molecule has 148 valence electrons. The maximum Gasteiger partial charge on any atom is 0.230 e. The van der Waals surface area contributed by atoms with Gasteiger partial charge >= 0.3 is 0 Å². The molecule has 0 spiro atoms. The smallest absolute Gasteiger partial charge is 0.230 e. The van der Waals surface area contributed by atoms with Crippen molar-refractivity contribution < 1.29 is 14.2 Å². The van der Waals surface area contributed by atoms with Crippen molar-refractivity contribution in [3.05, 3.63) is 52.9 Å². The molecule has 2 unspecified atom stereocenters. The Morgan fingerprint density at radius 1 is 1.36 bits per heavy atom. The molecular weight excluding hydrogens is 356 g/mol. The standard InChI is InChI=1S/C21H26N4O3/c1-3-7-15-8-4-5-9-17(15)21-22-20(24-28-21)18-10-6-11-25(18)19(26)13-16-12-14(2)23-27-16/h4-5,8-9,12,18,21H,3,6-7,10-11,13H2,1-2H3,(H,22,24). The van der Waals surface area contributed by atoms with Crippen LogP contribution in [-0.2, 0) is 22.5 Å². The molecule has 2 aliphatic rings. The molecule has 28 heavy (non-hydrogen) atoms. The summed E-state index contributed by atoms with van der Waals surface area (Å²) in [6.45, 7) is 4.73. The van der Waals surface area contributed by atoms with Gasteiger partial charge in [0.05, 0.1) is 18.2 Å². The predicted octanol–water partition coefficient (Wildman–Crippen LogP) is 3.10. The van der Waals surface area contributed by atoms with Gasteiger partial charge in [-0.25, -0.2) is 15.3 Å². The third kappa shape index (κ3) is 3.80. The van der Waals surface area contributed by atoms with Crippen molar-refractivity contribution >= 4 is 11.7 Å². The summed E-state index contributed by atoms with van der Waals surface area (Å²) in [5.74, 6) is 1.35. The summed E-state index contributed by atoms with van der Waals surface area (Å²) >= 11 is 0. The van der Waals surface area contributed by atoms with E-state index in [1.807, 2.05) is 24.0 Å². The lowest BCUT2D eigenvalue weighted by molar-refractivity contribution is -0.130. The van der Waals surface area contributed by atoms with Gasteiger partial charge in [-0.15, -0.1) is 0 Å². The zero-order chi connectivity index (χ0) is 19.5. The number of nitrogens with zero attached hydrogens (tertiary/aromatic N) is 3. The number of carbonyl (C=O) groups is 1. The number of hydrogen-bond acceptors (Lipinski definition) is 6. The number of nitrogens with one attached hydrogen (secondary N) is 1. The van der Waals surface area contributed by atoms with Crippen LogP contribution >= 0.6 is 0 Å². The highest BCUT2D eigenvalue weighted by Crippen LogP contribution is 2.29. The second-order valence-corrected chi connectivity index (χ2v) is 7.39. The van der Waals surface area contributed by atoms with E-state index >= 15 is 0 Å².